The van der Waals surface area contributed by atoms with E-state index in [0.717, 1.165) is 24.5 Å². The maximum absolute atomic E-state index is 12.1. The van der Waals surface area contributed by atoms with Crippen molar-refractivity contribution in [2.24, 2.45) is 5.92 Å². The molecule has 0 aliphatic carbocycles. The molecule has 0 bridgehead atoms. The summed E-state index contributed by atoms with van der Waals surface area (Å²) in [4.78, 5) is 18.8. The van der Waals surface area contributed by atoms with Gasteiger partial charge in [-0.25, -0.2) is 4.98 Å². The Morgan fingerprint density at radius 2 is 2.13 bits per heavy atom. The van der Waals surface area contributed by atoms with Crippen molar-refractivity contribution in [1.29, 1.82) is 0 Å². The van der Waals surface area contributed by atoms with Crippen LogP contribution in [0.5, 0.6) is 0 Å². The zero-order valence-electron chi connectivity index (χ0n) is 14.2. The molecule has 1 aliphatic heterocycles. The average molecular weight is 321 g/mol. The molecule has 1 amide bonds. The second-order valence-electron chi connectivity index (χ2n) is 6.17. The number of pyridine rings is 1. The van der Waals surface area contributed by atoms with Crippen LogP contribution in [-0.2, 0) is 20.8 Å². The quantitative estimate of drug-likeness (QED) is 0.826. The molecule has 1 aromatic rings. The van der Waals surface area contributed by atoms with Gasteiger partial charge < -0.3 is 19.7 Å². The van der Waals surface area contributed by atoms with Crippen molar-refractivity contribution < 1.29 is 14.3 Å². The summed E-state index contributed by atoms with van der Waals surface area (Å²) in [6.07, 6.45) is 1.34. The number of amides is 1. The van der Waals surface area contributed by atoms with E-state index in [4.69, 9.17) is 9.47 Å². The number of nitrogens with zero attached hydrogens (tertiary/aromatic N) is 2. The van der Waals surface area contributed by atoms with E-state index in [2.05, 4.69) is 29.0 Å². The maximum Gasteiger partial charge on any atom is 0.249 e. The van der Waals surface area contributed by atoms with Gasteiger partial charge in [0, 0.05) is 38.0 Å². The molecule has 6 heteroatoms. The fourth-order valence-corrected chi connectivity index (χ4v) is 2.37. The summed E-state index contributed by atoms with van der Waals surface area (Å²) < 4.78 is 10.9. The van der Waals surface area contributed by atoms with E-state index in [1.165, 1.54) is 0 Å². The van der Waals surface area contributed by atoms with Crippen LogP contribution in [-0.4, -0.2) is 49.9 Å². The highest BCUT2D eigenvalue weighted by Crippen LogP contribution is 2.18. The molecule has 0 saturated carbocycles. The molecule has 0 radical (unpaired) electrons. The lowest BCUT2D eigenvalue weighted by Crippen LogP contribution is -2.38. The molecule has 0 unspecified atom stereocenters. The van der Waals surface area contributed by atoms with Gasteiger partial charge in [-0.15, -0.1) is 0 Å². The topological polar surface area (TPSA) is 63.7 Å². The third-order valence-electron chi connectivity index (χ3n) is 3.68. The second-order valence-corrected chi connectivity index (χ2v) is 6.17. The molecule has 128 valence electrons. The highest BCUT2D eigenvalue weighted by molar-refractivity contribution is 5.80. The number of carbonyl (C=O) groups excluding carboxylic acids is 1. The van der Waals surface area contributed by atoms with Crippen LogP contribution in [0.1, 0.15) is 26.3 Å². The Labute approximate surface area is 138 Å². The van der Waals surface area contributed by atoms with Crippen LogP contribution in [0.15, 0.2) is 18.3 Å². The number of anilines is 1. The first-order valence-electron chi connectivity index (χ1n) is 8.24. The molecule has 1 N–H and O–H groups in total. The zero-order valence-corrected chi connectivity index (χ0v) is 14.2. The van der Waals surface area contributed by atoms with Gasteiger partial charge >= 0.3 is 0 Å². The van der Waals surface area contributed by atoms with Crippen LogP contribution in [0, 0.1) is 5.92 Å². The number of rotatable bonds is 7. The van der Waals surface area contributed by atoms with E-state index in [1.807, 2.05) is 12.1 Å². The molecule has 1 atom stereocenters. The standard InChI is InChI=1S/C17H27N3O3/c1-13(2)12-23-14(3)17(21)19-11-15-5-4-6-18-16(15)20-7-9-22-10-8-20/h4-6,13-14H,7-12H2,1-3H3,(H,19,21)/t14-/m0/s1. The monoisotopic (exact) mass is 321 g/mol. The van der Waals surface area contributed by atoms with E-state index < -0.39 is 6.10 Å². The first-order chi connectivity index (χ1) is 11.1. The Morgan fingerprint density at radius 3 is 2.83 bits per heavy atom. The van der Waals surface area contributed by atoms with E-state index >= 15 is 0 Å². The Hall–Kier alpha value is -1.66. The Balaban J connectivity index is 1.91. The van der Waals surface area contributed by atoms with Crippen molar-refractivity contribution in [3.63, 3.8) is 0 Å². The van der Waals surface area contributed by atoms with Crippen molar-refractivity contribution in [2.45, 2.75) is 33.4 Å². The lowest BCUT2D eigenvalue weighted by Gasteiger charge is -2.29. The molecular weight excluding hydrogens is 294 g/mol. The predicted molar refractivity (Wildman–Crippen MR) is 89.4 cm³/mol. The fourth-order valence-electron chi connectivity index (χ4n) is 2.37. The molecule has 0 aromatic carbocycles. The summed E-state index contributed by atoms with van der Waals surface area (Å²) in [5.41, 5.74) is 1.01. The molecule has 2 rings (SSSR count). The Kier molecular flexibility index (Phi) is 6.80. The maximum atomic E-state index is 12.1. The van der Waals surface area contributed by atoms with E-state index in [9.17, 15) is 4.79 Å². The molecule has 1 aliphatic rings. The summed E-state index contributed by atoms with van der Waals surface area (Å²) in [7, 11) is 0. The van der Waals surface area contributed by atoms with Gasteiger partial charge in [0.1, 0.15) is 11.9 Å². The van der Waals surface area contributed by atoms with Crippen molar-refractivity contribution in [3.8, 4) is 0 Å². The molecule has 23 heavy (non-hydrogen) atoms. The molecular formula is C17H27N3O3. The van der Waals surface area contributed by atoms with Crippen molar-refractivity contribution in [3.05, 3.63) is 23.9 Å². The molecule has 0 spiro atoms. The van der Waals surface area contributed by atoms with E-state index in [1.54, 1.807) is 13.1 Å². The number of hydrogen-bond acceptors (Lipinski definition) is 5. The first kappa shape index (κ1) is 17.7. The van der Waals surface area contributed by atoms with Crippen LogP contribution in [0.2, 0.25) is 0 Å². The van der Waals surface area contributed by atoms with Gasteiger partial charge in [0.25, 0.3) is 0 Å². The van der Waals surface area contributed by atoms with Gasteiger partial charge in [-0.3, -0.25) is 4.79 Å². The van der Waals surface area contributed by atoms with Gasteiger partial charge in [0.2, 0.25) is 5.91 Å². The van der Waals surface area contributed by atoms with Crippen molar-refractivity contribution >= 4 is 11.7 Å². The Morgan fingerprint density at radius 1 is 1.39 bits per heavy atom. The fraction of sp³-hybridized carbons (Fsp3) is 0.647. The number of aromatic nitrogens is 1. The van der Waals surface area contributed by atoms with Crippen LogP contribution >= 0.6 is 0 Å². The third kappa shape index (κ3) is 5.48. The van der Waals surface area contributed by atoms with Gasteiger partial charge in [-0.1, -0.05) is 19.9 Å². The summed E-state index contributed by atoms with van der Waals surface area (Å²) in [6.45, 7) is 10.0. The molecule has 1 aromatic heterocycles. The summed E-state index contributed by atoms with van der Waals surface area (Å²) in [6, 6.07) is 3.89. The number of carbonyl (C=O) groups is 1. The van der Waals surface area contributed by atoms with Crippen LogP contribution < -0.4 is 10.2 Å². The number of ether oxygens (including phenoxy) is 2. The minimum Gasteiger partial charge on any atom is -0.378 e. The lowest BCUT2D eigenvalue weighted by molar-refractivity contribution is -0.132. The smallest absolute Gasteiger partial charge is 0.249 e. The van der Waals surface area contributed by atoms with Crippen LogP contribution in [0.3, 0.4) is 0 Å². The first-order valence-corrected chi connectivity index (χ1v) is 8.24. The van der Waals surface area contributed by atoms with Crippen molar-refractivity contribution in [2.75, 3.05) is 37.8 Å². The minimum absolute atomic E-state index is 0.0950. The average Bonchev–Trinajstić information content (AvgIpc) is 2.58. The second kappa shape index (κ2) is 8.84. The van der Waals surface area contributed by atoms with Gasteiger partial charge in [-0.05, 0) is 18.9 Å². The Bertz CT molecular complexity index is 502. The largest absolute Gasteiger partial charge is 0.378 e. The molecule has 1 fully saturated rings. The molecule has 2 heterocycles. The highest BCUT2D eigenvalue weighted by atomic mass is 16.5. The van der Waals surface area contributed by atoms with E-state index in [-0.39, 0.29) is 5.91 Å². The van der Waals surface area contributed by atoms with Gasteiger partial charge in [0.05, 0.1) is 13.2 Å². The van der Waals surface area contributed by atoms with Crippen LogP contribution in [0.25, 0.3) is 0 Å². The molecule has 1 saturated heterocycles. The highest BCUT2D eigenvalue weighted by Gasteiger charge is 2.18. The third-order valence-corrected chi connectivity index (χ3v) is 3.68. The van der Waals surface area contributed by atoms with Crippen molar-refractivity contribution in [1.82, 2.24) is 10.3 Å². The van der Waals surface area contributed by atoms with Gasteiger partial charge in [0.15, 0.2) is 0 Å². The minimum atomic E-state index is -0.444. The number of nitrogens with one attached hydrogen (secondary N) is 1. The zero-order chi connectivity index (χ0) is 16.7. The van der Waals surface area contributed by atoms with Crippen LogP contribution in [0.4, 0.5) is 5.82 Å². The molecule has 6 nitrogen and oxygen atoms in total. The lowest BCUT2D eigenvalue weighted by atomic mass is 10.2. The summed E-state index contributed by atoms with van der Waals surface area (Å²) >= 11 is 0. The predicted octanol–water partition coefficient (Wildman–Crippen LogP) is 1.60. The van der Waals surface area contributed by atoms with Gasteiger partial charge in [-0.2, -0.15) is 0 Å². The normalized spacial score (nSPS) is 16.4. The summed E-state index contributed by atoms with van der Waals surface area (Å²) in [5.74, 6) is 1.24. The number of morpholine rings is 1. The van der Waals surface area contributed by atoms with E-state index in [0.29, 0.717) is 32.3 Å². The summed E-state index contributed by atoms with van der Waals surface area (Å²) in [5, 5.41) is 2.94. The number of hydrogen-bond donors (Lipinski definition) is 1. The SMILES string of the molecule is CC(C)CO[C@@H](C)C(=O)NCc1cccnc1N1CCOCC1.